The minimum absolute atomic E-state index is 0.0374. The van der Waals surface area contributed by atoms with E-state index in [9.17, 15) is 9.59 Å². The zero-order chi connectivity index (χ0) is 15.6. The Labute approximate surface area is 128 Å². The van der Waals surface area contributed by atoms with Gasteiger partial charge < -0.3 is 10.2 Å². The zero-order valence-electron chi connectivity index (χ0n) is 13.9. The van der Waals surface area contributed by atoms with E-state index in [0.29, 0.717) is 18.3 Å². The Hall–Kier alpha value is -1.06. The molecule has 2 aliphatic rings. The van der Waals surface area contributed by atoms with Gasteiger partial charge in [-0.25, -0.2) is 0 Å². The minimum Gasteiger partial charge on any atom is -0.340 e. The Balaban J connectivity index is 2.02. The molecule has 2 amide bonds. The van der Waals surface area contributed by atoms with Gasteiger partial charge in [-0.15, -0.1) is 0 Å². The summed E-state index contributed by atoms with van der Waals surface area (Å²) in [5.41, 5.74) is -0.652. The molecule has 1 N–H and O–H groups in total. The van der Waals surface area contributed by atoms with Gasteiger partial charge in [-0.05, 0) is 44.4 Å². The molecule has 2 unspecified atom stereocenters. The molecule has 1 aliphatic carbocycles. The second kappa shape index (κ2) is 6.37. The van der Waals surface area contributed by atoms with Crippen molar-refractivity contribution in [1.29, 1.82) is 0 Å². The lowest BCUT2D eigenvalue weighted by molar-refractivity contribution is -0.155. The standard InChI is InChI=1S/C17H30N2O2/c1-5-14-15(20)18-17(4,13-9-10-13)16(21)19(14)11-7-6-8-12(2)3/h12-14H,5-11H2,1-4H3,(H,18,20). The normalized spacial score (nSPS) is 30.0. The van der Waals surface area contributed by atoms with Gasteiger partial charge in [-0.3, -0.25) is 9.59 Å². The van der Waals surface area contributed by atoms with E-state index in [-0.39, 0.29) is 17.9 Å². The number of unbranched alkanes of at least 4 members (excludes halogenated alkanes) is 1. The van der Waals surface area contributed by atoms with E-state index in [0.717, 1.165) is 32.2 Å². The molecule has 0 spiro atoms. The Morgan fingerprint density at radius 3 is 2.48 bits per heavy atom. The minimum atomic E-state index is -0.652. The molecule has 4 heteroatoms. The third-order valence-electron chi connectivity index (χ3n) is 4.98. The van der Waals surface area contributed by atoms with Crippen LogP contribution in [0.4, 0.5) is 0 Å². The quantitative estimate of drug-likeness (QED) is 0.734. The van der Waals surface area contributed by atoms with Gasteiger partial charge in [0.05, 0.1) is 0 Å². The van der Waals surface area contributed by atoms with Gasteiger partial charge in [0.15, 0.2) is 0 Å². The molecular formula is C17H30N2O2. The number of hydrogen-bond donors (Lipinski definition) is 1. The average molecular weight is 294 g/mol. The first kappa shape index (κ1) is 16.3. The molecule has 21 heavy (non-hydrogen) atoms. The summed E-state index contributed by atoms with van der Waals surface area (Å²) >= 11 is 0. The molecule has 120 valence electrons. The van der Waals surface area contributed by atoms with E-state index in [1.165, 1.54) is 6.42 Å². The molecule has 2 fully saturated rings. The highest BCUT2D eigenvalue weighted by molar-refractivity contribution is 6.00. The molecule has 4 nitrogen and oxygen atoms in total. The summed E-state index contributed by atoms with van der Waals surface area (Å²) in [5.74, 6) is 1.21. The Bertz CT molecular complexity index is 404. The maximum atomic E-state index is 12.9. The molecule has 0 aromatic carbocycles. The molecule has 0 aromatic heterocycles. The van der Waals surface area contributed by atoms with Crippen LogP contribution in [0, 0.1) is 11.8 Å². The molecule has 1 aliphatic heterocycles. The lowest BCUT2D eigenvalue weighted by Crippen LogP contribution is -2.70. The Kier molecular flexibility index (Phi) is 4.95. The molecule has 1 heterocycles. The number of nitrogens with zero attached hydrogens (tertiary/aromatic N) is 1. The third-order valence-corrected chi connectivity index (χ3v) is 4.98. The molecule has 0 aromatic rings. The van der Waals surface area contributed by atoms with E-state index in [4.69, 9.17) is 0 Å². The largest absolute Gasteiger partial charge is 0.340 e. The van der Waals surface area contributed by atoms with Crippen molar-refractivity contribution in [3.8, 4) is 0 Å². The predicted molar refractivity (Wildman–Crippen MR) is 83.8 cm³/mol. The number of hydrogen-bond acceptors (Lipinski definition) is 2. The van der Waals surface area contributed by atoms with Gasteiger partial charge in [0.1, 0.15) is 11.6 Å². The van der Waals surface area contributed by atoms with Crippen molar-refractivity contribution < 1.29 is 9.59 Å². The number of amides is 2. The van der Waals surface area contributed by atoms with E-state index in [1.807, 2.05) is 18.7 Å². The van der Waals surface area contributed by atoms with Crippen molar-refractivity contribution in [2.24, 2.45) is 11.8 Å². The first-order valence-corrected chi connectivity index (χ1v) is 8.53. The predicted octanol–water partition coefficient (Wildman–Crippen LogP) is 2.72. The fourth-order valence-electron chi connectivity index (χ4n) is 3.41. The van der Waals surface area contributed by atoms with Crippen LogP contribution in [0.5, 0.6) is 0 Å². The fourth-order valence-corrected chi connectivity index (χ4v) is 3.41. The van der Waals surface area contributed by atoms with Crippen LogP contribution in [0.15, 0.2) is 0 Å². The summed E-state index contributed by atoms with van der Waals surface area (Å²) < 4.78 is 0. The summed E-state index contributed by atoms with van der Waals surface area (Å²) in [6.07, 6.45) is 6.11. The molecule has 2 atom stereocenters. The molecule has 0 radical (unpaired) electrons. The Morgan fingerprint density at radius 2 is 1.95 bits per heavy atom. The second-order valence-corrected chi connectivity index (χ2v) is 7.28. The number of carbonyl (C=O) groups is 2. The molecular weight excluding hydrogens is 264 g/mol. The first-order chi connectivity index (χ1) is 9.90. The summed E-state index contributed by atoms with van der Waals surface area (Å²) in [6.45, 7) is 9.06. The van der Waals surface area contributed by atoms with Gasteiger partial charge >= 0.3 is 0 Å². The maximum absolute atomic E-state index is 12.9. The zero-order valence-corrected chi connectivity index (χ0v) is 13.9. The summed E-state index contributed by atoms with van der Waals surface area (Å²) in [7, 11) is 0. The smallest absolute Gasteiger partial charge is 0.249 e. The van der Waals surface area contributed by atoms with E-state index < -0.39 is 5.54 Å². The van der Waals surface area contributed by atoms with Gasteiger partial charge in [0, 0.05) is 6.54 Å². The number of rotatable bonds is 7. The topological polar surface area (TPSA) is 49.4 Å². The monoisotopic (exact) mass is 294 g/mol. The molecule has 1 saturated carbocycles. The molecule has 1 saturated heterocycles. The van der Waals surface area contributed by atoms with Crippen LogP contribution in [0.3, 0.4) is 0 Å². The summed E-state index contributed by atoms with van der Waals surface area (Å²) in [6, 6.07) is -0.275. The van der Waals surface area contributed by atoms with Crippen molar-refractivity contribution in [3.05, 3.63) is 0 Å². The lowest BCUT2D eigenvalue weighted by atomic mass is 9.88. The fraction of sp³-hybridized carbons (Fsp3) is 0.882. The van der Waals surface area contributed by atoms with Crippen LogP contribution < -0.4 is 5.32 Å². The SMILES string of the molecule is CCC1C(=O)NC(C)(C2CC2)C(=O)N1CCCCC(C)C. The molecule has 0 bridgehead atoms. The Morgan fingerprint density at radius 1 is 1.29 bits per heavy atom. The number of carbonyl (C=O) groups excluding carboxylic acids is 2. The van der Waals surface area contributed by atoms with Crippen LogP contribution >= 0.6 is 0 Å². The average Bonchev–Trinajstić information content (AvgIpc) is 3.24. The lowest BCUT2D eigenvalue weighted by Gasteiger charge is -2.44. The van der Waals surface area contributed by atoms with Gasteiger partial charge in [0.25, 0.3) is 0 Å². The second-order valence-electron chi connectivity index (χ2n) is 7.28. The maximum Gasteiger partial charge on any atom is 0.249 e. The highest BCUT2D eigenvalue weighted by Crippen LogP contribution is 2.42. The van der Waals surface area contributed by atoms with E-state index in [2.05, 4.69) is 19.2 Å². The van der Waals surface area contributed by atoms with Crippen molar-refractivity contribution in [2.45, 2.75) is 77.8 Å². The van der Waals surface area contributed by atoms with Crippen molar-refractivity contribution in [2.75, 3.05) is 6.54 Å². The summed E-state index contributed by atoms with van der Waals surface area (Å²) in [5, 5.41) is 3.01. The van der Waals surface area contributed by atoms with Crippen molar-refractivity contribution in [1.82, 2.24) is 10.2 Å². The van der Waals surface area contributed by atoms with Crippen LogP contribution in [-0.2, 0) is 9.59 Å². The number of nitrogens with one attached hydrogen (secondary N) is 1. The van der Waals surface area contributed by atoms with Gasteiger partial charge in [-0.1, -0.05) is 33.6 Å². The van der Waals surface area contributed by atoms with Crippen molar-refractivity contribution in [3.63, 3.8) is 0 Å². The highest BCUT2D eigenvalue weighted by Gasteiger charge is 2.54. The van der Waals surface area contributed by atoms with Gasteiger partial charge in [0.2, 0.25) is 11.8 Å². The van der Waals surface area contributed by atoms with E-state index in [1.54, 1.807) is 0 Å². The van der Waals surface area contributed by atoms with Crippen LogP contribution in [0.2, 0.25) is 0 Å². The summed E-state index contributed by atoms with van der Waals surface area (Å²) in [4.78, 5) is 27.1. The van der Waals surface area contributed by atoms with Crippen molar-refractivity contribution >= 4 is 11.8 Å². The first-order valence-electron chi connectivity index (χ1n) is 8.53. The van der Waals surface area contributed by atoms with E-state index >= 15 is 0 Å². The van der Waals surface area contributed by atoms with Crippen LogP contribution in [-0.4, -0.2) is 34.8 Å². The molecule has 2 rings (SSSR count). The number of piperazine rings is 1. The highest BCUT2D eigenvalue weighted by atomic mass is 16.2. The van der Waals surface area contributed by atoms with Crippen LogP contribution in [0.25, 0.3) is 0 Å². The van der Waals surface area contributed by atoms with Gasteiger partial charge in [-0.2, -0.15) is 0 Å². The third kappa shape index (κ3) is 3.41. The van der Waals surface area contributed by atoms with Crippen LogP contribution in [0.1, 0.15) is 66.2 Å².